The van der Waals surface area contributed by atoms with Crippen LogP contribution < -0.4 is 30.6 Å². The average Bonchev–Trinajstić information content (AvgIpc) is 2.91. The normalized spacial score (nSPS) is 11.0. The van der Waals surface area contributed by atoms with Gasteiger partial charge in [0, 0.05) is 5.46 Å². The molecule has 0 fully saturated rings. The molecule has 3 rings (SSSR count). The van der Waals surface area contributed by atoms with Crippen molar-refractivity contribution in [2.75, 3.05) is 21.3 Å². The lowest BCUT2D eigenvalue weighted by atomic mass is 9.66. The van der Waals surface area contributed by atoms with Crippen LogP contribution in [0.5, 0.6) is 17.2 Å². The first kappa shape index (κ1) is 28.7. The number of hydrogen-bond acceptors (Lipinski definition) is 7. The van der Waals surface area contributed by atoms with E-state index in [0.717, 1.165) is 11.1 Å². The molecule has 0 aliphatic heterocycles. The molecule has 0 aliphatic rings. The molecule has 3 aromatic rings. The van der Waals surface area contributed by atoms with Gasteiger partial charge in [0.2, 0.25) is 5.75 Å². The maximum Gasteiger partial charge on any atom is 0.477 e. The Labute approximate surface area is 221 Å². The van der Waals surface area contributed by atoms with Crippen LogP contribution in [0.4, 0.5) is 0 Å². The van der Waals surface area contributed by atoms with Crippen molar-refractivity contribution >= 4 is 37.7 Å². The number of ether oxygens (including phenoxy) is 3. The summed E-state index contributed by atoms with van der Waals surface area (Å²) in [4.78, 5) is 0. The fourth-order valence-electron chi connectivity index (χ4n) is 4.02. The van der Waals surface area contributed by atoms with Crippen LogP contribution in [0.15, 0.2) is 60.7 Å². The van der Waals surface area contributed by atoms with Gasteiger partial charge in [-0.1, -0.05) is 82.3 Å². The molecule has 37 heavy (non-hydrogen) atoms. The van der Waals surface area contributed by atoms with Crippen molar-refractivity contribution in [2.24, 2.45) is 0 Å². The molecule has 0 aliphatic carbocycles. The van der Waals surface area contributed by atoms with Crippen molar-refractivity contribution in [1.29, 1.82) is 0 Å². The molecule has 2 N–H and O–H groups in total. The largest absolute Gasteiger partial charge is 0.493 e. The molecule has 7 nitrogen and oxygen atoms in total. The molecule has 0 unspecified atom stereocenters. The second-order valence-electron chi connectivity index (χ2n) is 9.38. The van der Waals surface area contributed by atoms with Crippen molar-refractivity contribution in [3.63, 3.8) is 0 Å². The lowest BCUT2D eigenvalue weighted by Gasteiger charge is -2.23. The quantitative estimate of drug-likeness (QED) is 0.367. The van der Waals surface area contributed by atoms with Crippen LogP contribution in [0.1, 0.15) is 50.7 Å². The van der Waals surface area contributed by atoms with E-state index in [1.807, 2.05) is 36.4 Å². The second-order valence-corrected chi connectivity index (χ2v) is 9.38. The van der Waals surface area contributed by atoms with Gasteiger partial charge in [0.05, 0.1) is 21.3 Å². The molecule has 0 amide bonds. The lowest BCUT2D eigenvalue weighted by molar-refractivity contribution is 0.323. The van der Waals surface area contributed by atoms with Crippen LogP contribution in [0.2, 0.25) is 0 Å². The average molecular weight is 504 g/mol. The summed E-state index contributed by atoms with van der Waals surface area (Å²) in [5.41, 5.74) is 3.67. The summed E-state index contributed by atoms with van der Waals surface area (Å²) < 4.78 is 28.6. The van der Waals surface area contributed by atoms with Crippen LogP contribution in [-0.2, 0) is 9.14 Å². The number of hydrogen-bond donors (Lipinski definition) is 2. The van der Waals surface area contributed by atoms with E-state index in [2.05, 4.69) is 27.7 Å². The molecule has 0 saturated heterocycles. The van der Waals surface area contributed by atoms with Gasteiger partial charge in [0.15, 0.2) is 11.5 Å². The summed E-state index contributed by atoms with van der Waals surface area (Å²) in [6.45, 7) is 8.31. The highest BCUT2D eigenvalue weighted by Gasteiger charge is 2.37. The summed E-state index contributed by atoms with van der Waals surface area (Å²) in [5, 5.41) is 22.1. The van der Waals surface area contributed by atoms with Gasteiger partial charge in [0.25, 0.3) is 0 Å². The Bertz CT molecular complexity index is 1110. The van der Waals surface area contributed by atoms with Crippen molar-refractivity contribution in [2.45, 2.75) is 39.5 Å². The van der Waals surface area contributed by atoms with Gasteiger partial charge in [0.1, 0.15) is 0 Å². The Morgan fingerprint density at radius 2 is 1.11 bits per heavy atom. The van der Waals surface area contributed by atoms with Crippen LogP contribution in [-0.4, -0.2) is 52.7 Å². The topological polar surface area (TPSA) is 86.6 Å². The molecule has 0 saturated carbocycles. The maximum atomic E-state index is 11.1. The maximum absolute atomic E-state index is 11.1. The van der Waals surface area contributed by atoms with Crippen molar-refractivity contribution in [1.82, 2.24) is 0 Å². The van der Waals surface area contributed by atoms with Crippen LogP contribution >= 0.6 is 0 Å². The monoisotopic (exact) mass is 504 g/mol. The zero-order chi connectivity index (χ0) is 27.1. The highest BCUT2D eigenvalue weighted by molar-refractivity contribution is 6.79. The molecule has 0 aromatic heterocycles. The highest BCUT2D eigenvalue weighted by atomic mass is 16.6. The summed E-state index contributed by atoms with van der Waals surface area (Å²) in [5.74, 6) is 1.66. The van der Waals surface area contributed by atoms with Crippen molar-refractivity contribution in [3.8, 4) is 17.2 Å². The molecule has 0 spiro atoms. The number of rotatable bonds is 12. The molecule has 0 heterocycles. The van der Waals surface area contributed by atoms with Gasteiger partial charge in [-0.3, -0.25) is 0 Å². The molecule has 0 radical (unpaired) electrons. The molecule has 10 heteroatoms. The fourth-order valence-corrected chi connectivity index (χ4v) is 4.02. The Morgan fingerprint density at radius 1 is 0.622 bits per heavy atom. The first-order valence-corrected chi connectivity index (χ1v) is 12.4. The van der Waals surface area contributed by atoms with E-state index in [9.17, 15) is 10.0 Å². The number of methoxy groups -OCH3 is 3. The summed E-state index contributed by atoms with van der Waals surface area (Å²) in [6.07, 6.45) is 0. The second kappa shape index (κ2) is 13.1. The zero-order valence-electron chi connectivity index (χ0n) is 22.6. The van der Waals surface area contributed by atoms with Gasteiger partial charge in [-0.15, -0.1) is 0 Å². The van der Waals surface area contributed by atoms with E-state index in [1.165, 1.54) is 21.3 Å². The Hall–Kier alpha value is -2.91. The Balaban J connectivity index is 2.02. The van der Waals surface area contributed by atoms with Crippen LogP contribution in [0, 0.1) is 0 Å². The van der Waals surface area contributed by atoms with Crippen LogP contribution in [0.3, 0.4) is 0 Å². The SMILES string of the molecule is COc1ccc(B(OB(O)c2cccc(C(C)C)c2)OB(O)c2cccc(C(C)C)c2)c(OC)c1OC. The molecule has 0 atom stereocenters. The first-order valence-electron chi connectivity index (χ1n) is 12.4. The van der Waals surface area contributed by atoms with E-state index in [1.54, 1.807) is 24.3 Å². The van der Waals surface area contributed by atoms with Gasteiger partial charge in [-0.2, -0.15) is 0 Å². The highest BCUT2D eigenvalue weighted by Crippen LogP contribution is 2.35. The lowest BCUT2D eigenvalue weighted by Crippen LogP contribution is -2.52. The Kier molecular flexibility index (Phi) is 10.1. The molecular weight excluding hydrogens is 469 g/mol. The summed E-state index contributed by atoms with van der Waals surface area (Å²) in [7, 11) is 0.623. The molecule has 0 bridgehead atoms. The van der Waals surface area contributed by atoms with Crippen LogP contribution in [0.25, 0.3) is 0 Å². The standard InChI is InChI=1S/C27H35B3O7/c1-18(2)20-10-8-12-22(16-20)28(31)36-30(24-14-15-25(33-5)27(35-7)26(24)34-6)37-29(32)23-13-9-11-21(17-23)19(3)4/h8-19,31-32H,1-7H3. The summed E-state index contributed by atoms with van der Waals surface area (Å²) in [6, 6.07) is 18.5. The first-order chi connectivity index (χ1) is 17.7. The van der Waals surface area contributed by atoms with E-state index in [0.29, 0.717) is 33.6 Å². The van der Waals surface area contributed by atoms with E-state index >= 15 is 0 Å². The van der Waals surface area contributed by atoms with E-state index < -0.39 is 21.4 Å². The molecule has 194 valence electrons. The molecule has 3 aromatic carbocycles. The van der Waals surface area contributed by atoms with Crippen molar-refractivity contribution < 1.29 is 33.4 Å². The third-order valence-electron chi connectivity index (χ3n) is 6.22. The van der Waals surface area contributed by atoms with E-state index in [4.69, 9.17) is 23.4 Å². The molecular formula is C27H35B3O7. The zero-order valence-corrected chi connectivity index (χ0v) is 22.6. The minimum atomic E-state index is -1.34. The summed E-state index contributed by atoms with van der Waals surface area (Å²) >= 11 is 0. The predicted molar refractivity (Wildman–Crippen MR) is 150 cm³/mol. The third kappa shape index (κ3) is 6.90. The minimum Gasteiger partial charge on any atom is -0.493 e. The Morgan fingerprint density at radius 3 is 1.51 bits per heavy atom. The van der Waals surface area contributed by atoms with Gasteiger partial charge in [-0.05, 0) is 40.0 Å². The van der Waals surface area contributed by atoms with Crippen molar-refractivity contribution in [3.05, 3.63) is 71.8 Å². The van der Waals surface area contributed by atoms with Gasteiger partial charge >= 0.3 is 21.4 Å². The predicted octanol–water partition coefficient (Wildman–Crippen LogP) is 2.46. The van der Waals surface area contributed by atoms with Gasteiger partial charge < -0.3 is 33.4 Å². The smallest absolute Gasteiger partial charge is 0.477 e. The van der Waals surface area contributed by atoms with E-state index in [-0.39, 0.29) is 11.8 Å². The third-order valence-corrected chi connectivity index (χ3v) is 6.22. The van der Waals surface area contributed by atoms with Gasteiger partial charge in [-0.25, -0.2) is 0 Å². The number of benzene rings is 3. The fraction of sp³-hybridized carbons (Fsp3) is 0.333. The minimum absolute atomic E-state index is 0.278.